The molecule has 1 saturated heterocycles. The molecule has 1 spiro atoms. The number of nitrogens with one attached hydrogen (secondary N) is 2. The van der Waals surface area contributed by atoms with Crippen LogP contribution in [0.4, 0.5) is 21.9 Å². The molecule has 2 aliphatic rings. The van der Waals surface area contributed by atoms with Crippen LogP contribution in [0.2, 0.25) is 0 Å². The molecule has 174 valence electrons. The molecule has 4 amide bonds. The number of carbonyl (C=O) groups is 3. The van der Waals surface area contributed by atoms with E-state index in [0.717, 1.165) is 22.7 Å². The summed E-state index contributed by atoms with van der Waals surface area (Å²) in [7, 11) is 1.92. The van der Waals surface area contributed by atoms with Crippen molar-refractivity contribution in [2.75, 3.05) is 23.8 Å². The molecule has 1 aliphatic heterocycles. The molecule has 2 N–H and O–H groups in total. The molecule has 2 atom stereocenters. The molecule has 7 nitrogen and oxygen atoms in total. The highest BCUT2D eigenvalue weighted by molar-refractivity contribution is 6.10. The number of imide groups is 1. The Bertz CT molecular complexity index is 1070. The van der Waals surface area contributed by atoms with Crippen LogP contribution in [0, 0.1) is 11.3 Å². The fourth-order valence-corrected chi connectivity index (χ4v) is 5.65. The number of hydrogen-bond donors (Lipinski definition) is 2. The molecule has 0 aromatic heterocycles. The first-order valence-corrected chi connectivity index (χ1v) is 11.4. The van der Waals surface area contributed by atoms with Crippen LogP contribution in [0.25, 0.3) is 0 Å². The molecule has 2 fully saturated rings. The number of para-hydroxylation sites is 3. The third kappa shape index (κ3) is 4.58. The molecule has 4 rings (SSSR count). The third-order valence-corrected chi connectivity index (χ3v) is 6.61. The fourth-order valence-electron chi connectivity index (χ4n) is 5.65. The summed E-state index contributed by atoms with van der Waals surface area (Å²) in [5.41, 5.74) is 1.44. The van der Waals surface area contributed by atoms with Crippen LogP contribution < -0.4 is 15.5 Å². The number of rotatable bonds is 5. The summed E-state index contributed by atoms with van der Waals surface area (Å²) in [4.78, 5) is 42.0. The molecule has 0 radical (unpaired) electrons. The molecule has 7 heteroatoms. The van der Waals surface area contributed by atoms with E-state index in [9.17, 15) is 14.4 Å². The van der Waals surface area contributed by atoms with Gasteiger partial charge >= 0.3 is 6.03 Å². The van der Waals surface area contributed by atoms with E-state index in [-0.39, 0.29) is 17.9 Å². The van der Waals surface area contributed by atoms with Gasteiger partial charge < -0.3 is 15.5 Å². The largest absolute Gasteiger partial charge is 0.343 e. The maximum atomic E-state index is 13.3. The van der Waals surface area contributed by atoms with Gasteiger partial charge in [-0.15, -0.1) is 0 Å². The summed E-state index contributed by atoms with van der Waals surface area (Å²) in [5.74, 6) is -0.392. The maximum absolute atomic E-state index is 13.3. The lowest BCUT2D eigenvalue weighted by Gasteiger charge is -2.43. The van der Waals surface area contributed by atoms with Crippen LogP contribution in [-0.2, 0) is 9.59 Å². The minimum atomic E-state index is -0.913. The summed E-state index contributed by atoms with van der Waals surface area (Å²) in [6, 6.07) is 16.8. The number of urea groups is 1. The molecule has 2 aromatic carbocycles. The van der Waals surface area contributed by atoms with Gasteiger partial charge in [0, 0.05) is 12.7 Å². The van der Waals surface area contributed by atoms with Gasteiger partial charge in [-0.3, -0.25) is 14.5 Å². The molecule has 1 aliphatic carbocycles. The van der Waals surface area contributed by atoms with Crippen LogP contribution in [-0.4, -0.2) is 41.9 Å². The Kier molecular flexibility index (Phi) is 5.91. The minimum Gasteiger partial charge on any atom is -0.343 e. The van der Waals surface area contributed by atoms with Crippen LogP contribution in [0.5, 0.6) is 0 Å². The lowest BCUT2D eigenvalue weighted by atomic mass is 9.64. The van der Waals surface area contributed by atoms with Crippen molar-refractivity contribution in [1.29, 1.82) is 0 Å². The zero-order chi connectivity index (χ0) is 23.8. The molecular formula is C26H32N4O3. The summed E-state index contributed by atoms with van der Waals surface area (Å²) < 4.78 is 0. The average molecular weight is 449 g/mol. The van der Waals surface area contributed by atoms with Gasteiger partial charge in [0.15, 0.2) is 0 Å². The first-order chi connectivity index (χ1) is 15.6. The Morgan fingerprint density at radius 1 is 1.09 bits per heavy atom. The van der Waals surface area contributed by atoms with E-state index in [1.807, 2.05) is 66.5 Å². The lowest BCUT2D eigenvalue weighted by molar-refractivity contribution is -0.136. The first kappa shape index (κ1) is 22.8. The number of anilines is 3. The van der Waals surface area contributed by atoms with Crippen molar-refractivity contribution < 1.29 is 14.4 Å². The van der Waals surface area contributed by atoms with Gasteiger partial charge in [-0.2, -0.15) is 0 Å². The Balaban J connectivity index is 1.49. The summed E-state index contributed by atoms with van der Waals surface area (Å²) >= 11 is 0. The second kappa shape index (κ2) is 8.54. The Morgan fingerprint density at radius 2 is 1.76 bits per heavy atom. The number of benzene rings is 2. The second-order valence-corrected chi connectivity index (χ2v) is 10.2. The van der Waals surface area contributed by atoms with Gasteiger partial charge in [-0.05, 0) is 54.9 Å². The molecule has 1 saturated carbocycles. The number of hydrogen-bond acceptors (Lipinski definition) is 4. The smallest absolute Gasteiger partial charge is 0.325 e. The summed E-state index contributed by atoms with van der Waals surface area (Å²) in [6.07, 6.45) is 2.19. The molecule has 2 unspecified atom stereocenters. The van der Waals surface area contributed by atoms with Gasteiger partial charge in [-0.25, -0.2) is 4.79 Å². The Labute approximate surface area is 195 Å². The average Bonchev–Trinajstić information content (AvgIpc) is 2.96. The topological polar surface area (TPSA) is 81.8 Å². The first-order valence-electron chi connectivity index (χ1n) is 11.4. The maximum Gasteiger partial charge on any atom is 0.325 e. The Morgan fingerprint density at radius 3 is 2.45 bits per heavy atom. The highest BCUT2D eigenvalue weighted by Gasteiger charge is 2.56. The standard InChI is InChI=1S/C26H32N4O3/c1-18-14-25(2,3)17-26(15-18)23(32)30(24(33)28-26)16-22(31)27-20-12-8-9-13-21(20)29(4)19-10-6-5-7-11-19/h5-13,18H,14-17H2,1-4H3,(H,27,31)(H,28,33). The van der Waals surface area contributed by atoms with Crippen LogP contribution in [0.1, 0.15) is 40.0 Å². The number of amides is 4. The highest BCUT2D eigenvalue weighted by Crippen LogP contribution is 2.46. The predicted molar refractivity (Wildman–Crippen MR) is 129 cm³/mol. The van der Waals surface area contributed by atoms with Gasteiger partial charge in [0.2, 0.25) is 5.91 Å². The van der Waals surface area contributed by atoms with Gasteiger partial charge in [-0.1, -0.05) is 51.1 Å². The van der Waals surface area contributed by atoms with Crippen LogP contribution >= 0.6 is 0 Å². The highest BCUT2D eigenvalue weighted by atomic mass is 16.2. The molecule has 0 bridgehead atoms. The third-order valence-electron chi connectivity index (χ3n) is 6.61. The van der Waals surface area contributed by atoms with E-state index in [4.69, 9.17) is 0 Å². The van der Waals surface area contributed by atoms with Crippen molar-refractivity contribution >= 4 is 34.9 Å². The van der Waals surface area contributed by atoms with E-state index < -0.39 is 17.5 Å². The normalized spacial score (nSPS) is 24.0. The van der Waals surface area contributed by atoms with Crippen molar-refractivity contribution in [3.63, 3.8) is 0 Å². The van der Waals surface area contributed by atoms with E-state index in [0.29, 0.717) is 24.4 Å². The van der Waals surface area contributed by atoms with Gasteiger partial charge in [0.25, 0.3) is 5.91 Å². The van der Waals surface area contributed by atoms with Gasteiger partial charge in [0.1, 0.15) is 12.1 Å². The SMILES string of the molecule is CC1CC(C)(C)CC2(C1)NC(=O)N(CC(=O)Nc1ccccc1N(C)c1ccccc1)C2=O. The zero-order valence-electron chi connectivity index (χ0n) is 19.7. The second-order valence-electron chi connectivity index (χ2n) is 10.2. The van der Waals surface area contributed by atoms with Crippen LogP contribution in [0.3, 0.4) is 0 Å². The van der Waals surface area contributed by atoms with Crippen molar-refractivity contribution in [1.82, 2.24) is 10.2 Å². The Hall–Kier alpha value is -3.35. The quantitative estimate of drug-likeness (QED) is 0.659. The van der Waals surface area contributed by atoms with Crippen LogP contribution in [0.15, 0.2) is 54.6 Å². The van der Waals surface area contributed by atoms with E-state index in [1.165, 1.54) is 0 Å². The van der Waals surface area contributed by atoms with Crippen molar-refractivity contribution in [2.45, 2.75) is 45.6 Å². The minimum absolute atomic E-state index is 0.0557. The van der Waals surface area contributed by atoms with E-state index in [2.05, 4.69) is 31.4 Å². The number of nitrogens with zero attached hydrogens (tertiary/aromatic N) is 2. The van der Waals surface area contributed by atoms with Gasteiger partial charge in [0.05, 0.1) is 11.4 Å². The monoisotopic (exact) mass is 448 g/mol. The molecular weight excluding hydrogens is 416 g/mol. The molecule has 1 heterocycles. The van der Waals surface area contributed by atoms with Crippen molar-refractivity contribution in [3.8, 4) is 0 Å². The molecule has 33 heavy (non-hydrogen) atoms. The summed E-state index contributed by atoms with van der Waals surface area (Å²) in [6.45, 7) is 6.04. The van der Waals surface area contributed by atoms with E-state index >= 15 is 0 Å². The predicted octanol–water partition coefficient (Wildman–Crippen LogP) is 4.53. The number of carbonyl (C=O) groups excluding carboxylic acids is 3. The van der Waals surface area contributed by atoms with Crippen molar-refractivity contribution in [2.24, 2.45) is 11.3 Å². The van der Waals surface area contributed by atoms with E-state index in [1.54, 1.807) is 0 Å². The fraction of sp³-hybridized carbons (Fsp3) is 0.423. The summed E-state index contributed by atoms with van der Waals surface area (Å²) in [5, 5.41) is 5.82. The van der Waals surface area contributed by atoms with Crippen molar-refractivity contribution in [3.05, 3.63) is 54.6 Å². The molecule has 2 aromatic rings. The zero-order valence-corrected chi connectivity index (χ0v) is 19.7. The lowest BCUT2D eigenvalue weighted by Crippen LogP contribution is -2.54.